The second kappa shape index (κ2) is 6.35. The molecule has 0 aliphatic heterocycles. The number of H-pyrrole nitrogens is 1. The summed E-state index contributed by atoms with van der Waals surface area (Å²) in [5, 5.41) is 10.4. The molecule has 24 heavy (non-hydrogen) atoms. The molecule has 0 bridgehead atoms. The fourth-order valence-corrected chi connectivity index (χ4v) is 3.12. The summed E-state index contributed by atoms with van der Waals surface area (Å²) in [5.74, 6) is -2.01. The Balaban J connectivity index is 2.13. The first-order valence-corrected chi connectivity index (χ1v) is 7.63. The molecule has 0 radical (unpaired) electrons. The molecular weight excluding hydrogens is 309 g/mol. The molecule has 0 amide bonds. The Hall–Kier alpha value is -2.82. The third-order valence-electron chi connectivity index (χ3n) is 4.24. The Morgan fingerprint density at radius 3 is 2.62 bits per heavy atom. The molecule has 3 rings (SSSR count). The second-order valence-electron chi connectivity index (χ2n) is 5.78. The first kappa shape index (κ1) is 16.1. The number of benzene rings is 2. The van der Waals surface area contributed by atoms with Gasteiger partial charge in [0.25, 0.3) is 0 Å². The van der Waals surface area contributed by atoms with Crippen molar-refractivity contribution in [3.05, 3.63) is 65.1 Å². The van der Waals surface area contributed by atoms with Crippen LogP contribution in [0.3, 0.4) is 0 Å². The van der Waals surface area contributed by atoms with Crippen LogP contribution in [0.15, 0.2) is 42.5 Å². The Bertz CT molecular complexity index is 887. The third kappa shape index (κ3) is 2.85. The van der Waals surface area contributed by atoms with Gasteiger partial charge in [0.2, 0.25) is 0 Å². The van der Waals surface area contributed by atoms with Crippen molar-refractivity contribution >= 4 is 16.9 Å². The highest BCUT2D eigenvalue weighted by Crippen LogP contribution is 2.35. The van der Waals surface area contributed by atoms with Crippen molar-refractivity contribution < 1.29 is 19.0 Å². The zero-order valence-corrected chi connectivity index (χ0v) is 13.5. The van der Waals surface area contributed by atoms with Gasteiger partial charge in [0.05, 0.1) is 13.0 Å². The largest absolute Gasteiger partial charge is 0.494 e. The van der Waals surface area contributed by atoms with Crippen molar-refractivity contribution in [3.8, 4) is 5.75 Å². The maximum Gasteiger partial charge on any atom is 0.311 e. The van der Waals surface area contributed by atoms with Crippen LogP contribution in [0.1, 0.15) is 22.7 Å². The number of carbonyl (C=O) groups is 1. The van der Waals surface area contributed by atoms with Crippen LogP contribution in [0.5, 0.6) is 5.75 Å². The number of aliphatic carboxylic acids is 1. The molecule has 0 fully saturated rings. The minimum atomic E-state index is -0.911. The van der Waals surface area contributed by atoms with Crippen LogP contribution in [0.25, 0.3) is 10.9 Å². The molecule has 2 N–H and O–H groups in total. The van der Waals surface area contributed by atoms with Gasteiger partial charge in [-0.15, -0.1) is 0 Å². The van der Waals surface area contributed by atoms with E-state index in [1.807, 2.05) is 30.3 Å². The molecule has 4 nitrogen and oxygen atoms in total. The fourth-order valence-electron chi connectivity index (χ4n) is 3.12. The number of ether oxygens (including phenoxy) is 1. The smallest absolute Gasteiger partial charge is 0.311 e. The van der Waals surface area contributed by atoms with E-state index in [-0.39, 0.29) is 5.75 Å². The molecule has 5 heteroatoms. The molecule has 3 aromatic rings. The summed E-state index contributed by atoms with van der Waals surface area (Å²) >= 11 is 0. The molecule has 0 aliphatic rings. The molecule has 1 atom stereocenters. The summed E-state index contributed by atoms with van der Waals surface area (Å²) < 4.78 is 18.9. The number of aromatic nitrogens is 1. The first-order chi connectivity index (χ1) is 11.5. The Kier molecular flexibility index (Phi) is 4.25. The summed E-state index contributed by atoms with van der Waals surface area (Å²) in [6.45, 7) is 1.81. The molecule has 1 aromatic heterocycles. The zero-order valence-electron chi connectivity index (χ0n) is 13.5. The van der Waals surface area contributed by atoms with Gasteiger partial charge in [-0.3, -0.25) is 4.79 Å². The maximum atomic E-state index is 13.9. The predicted molar refractivity (Wildman–Crippen MR) is 90.1 cm³/mol. The van der Waals surface area contributed by atoms with Crippen molar-refractivity contribution in [2.24, 2.45) is 0 Å². The van der Waals surface area contributed by atoms with Gasteiger partial charge in [-0.2, -0.15) is 0 Å². The Labute approximate surface area is 138 Å². The summed E-state index contributed by atoms with van der Waals surface area (Å²) in [7, 11) is 1.39. The maximum absolute atomic E-state index is 13.9. The van der Waals surface area contributed by atoms with Crippen molar-refractivity contribution in [3.63, 3.8) is 0 Å². The lowest BCUT2D eigenvalue weighted by Gasteiger charge is -2.14. The summed E-state index contributed by atoms with van der Waals surface area (Å²) in [6.07, 6.45) is 0.365. The molecule has 0 aliphatic carbocycles. The SMILES string of the molecule is COc1cc2c(C(Cc3ccccc3)C(=O)O)c(C)[nH]c2cc1F. The van der Waals surface area contributed by atoms with E-state index in [0.717, 1.165) is 11.3 Å². The number of carboxylic acid groups (broad SMARTS) is 1. The van der Waals surface area contributed by atoms with Gasteiger partial charge in [-0.25, -0.2) is 4.39 Å². The van der Waals surface area contributed by atoms with Gasteiger partial charge in [-0.05, 0) is 30.5 Å². The van der Waals surface area contributed by atoms with E-state index in [4.69, 9.17) is 4.74 Å². The van der Waals surface area contributed by atoms with Crippen LogP contribution in [0.4, 0.5) is 4.39 Å². The first-order valence-electron chi connectivity index (χ1n) is 7.63. The van der Waals surface area contributed by atoms with E-state index in [2.05, 4.69) is 4.98 Å². The quantitative estimate of drug-likeness (QED) is 0.743. The van der Waals surface area contributed by atoms with Crippen LogP contribution in [-0.2, 0) is 11.2 Å². The van der Waals surface area contributed by atoms with E-state index in [1.165, 1.54) is 13.2 Å². The molecular formula is C19H18FNO3. The van der Waals surface area contributed by atoms with Crippen LogP contribution >= 0.6 is 0 Å². The van der Waals surface area contributed by atoms with E-state index < -0.39 is 17.7 Å². The summed E-state index contributed by atoms with van der Waals surface area (Å²) in [4.78, 5) is 15.0. The zero-order chi connectivity index (χ0) is 17.3. The van der Waals surface area contributed by atoms with Crippen LogP contribution in [-0.4, -0.2) is 23.2 Å². The number of fused-ring (bicyclic) bond motifs is 1. The van der Waals surface area contributed by atoms with Crippen molar-refractivity contribution in [2.45, 2.75) is 19.3 Å². The molecule has 0 saturated heterocycles. The van der Waals surface area contributed by atoms with Crippen molar-refractivity contribution in [2.75, 3.05) is 7.11 Å². The molecule has 2 aromatic carbocycles. The molecule has 1 unspecified atom stereocenters. The standard InChI is InChI=1S/C19H18FNO3/c1-11-18(13-9-17(24-2)15(20)10-16(13)21-11)14(19(22)23)8-12-6-4-3-5-7-12/h3-7,9-10,14,21H,8H2,1-2H3,(H,22,23). The number of nitrogens with one attached hydrogen (secondary N) is 1. The van der Waals surface area contributed by atoms with E-state index >= 15 is 0 Å². The lowest BCUT2D eigenvalue weighted by molar-refractivity contribution is -0.138. The summed E-state index contributed by atoms with van der Waals surface area (Å²) in [6, 6.07) is 12.4. The highest BCUT2D eigenvalue weighted by Gasteiger charge is 2.26. The third-order valence-corrected chi connectivity index (χ3v) is 4.24. The van der Waals surface area contributed by atoms with Crippen LogP contribution < -0.4 is 4.74 Å². The topological polar surface area (TPSA) is 62.3 Å². The molecule has 1 heterocycles. The molecule has 0 spiro atoms. The van der Waals surface area contributed by atoms with Crippen molar-refractivity contribution in [1.29, 1.82) is 0 Å². The predicted octanol–water partition coefficient (Wildman–Crippen LogP) is 4.03. The number of methoxy groups -OCH3 is 1. The van der Waals surface area contributed by atoms with Gasteiger partial charge in [0.1, 0.15) is 0 Å². The number of rotatable bonds is 5. The van der Waals surface area contributed by atoms with E-state index in [9.17, 15) is 14.3 Å². The number of aromatic amines is 1. The number of halogens is 1. The highest BCUT2D eigenvalue weighted by atomic mass is 19.1. The normalized spacial score (nSPS) is 12.3. The van der Waals surface area contributed by atoms with Gasteiger partial charge >= 0.3 is 5.97 Å². The van der Waals surface area contributed by atoms with Gasteiger partial charge < -0.3 is 14.8 Å². The van der Waals surface area contributed by atoms with Crippen LogP contribution in [0.2, 0.25) is 0 Å². The van der Waals surface area contributed by atoms with Gasteiger partial charge in [-0.1, -0.05) is 30.3 Å². The Morgan fingerprint density at radius 1 is 1.29 bits per heavy atom. The van der Waals surface area contributed by atoms with Gasteiger partial charge in [0, 0.05) is 22.7 Å². The fraction of sp³-hybridized carbons (Fsp3) is 0.211. The number of hydrogen-bond donors (Lipinski definition) is 2. The number of hydrogen-bond acceptors (Lipinski definition) is 2. The van der Waals surface area contributed by atoms with E-state index in [1.54, 1.807) is 13.0 Å². The minimum absolute atomic E-state index is 0.103. The highest BCUT2D eigenvalue weighted by molar-refractivity contribution is 5.91. The Morgan fingerprint density at radius 2 is 2.00 bits per heavy atom. The lowest BCUT2D eigenvalue weighted by atomic mass is 9.90. The van der Waals surface area contributed by atoms with Crippen LogP contribution in [0, 0.1) is 12.7 Å². The van der Waals surface area contributed by atoms with E-state index in [0.29, 0.717) is 22.9 Å². The molecule has 0 saturated carbocycles. The van der Waals surface area contributed by atoms with Gasteiger partial charge in [0.15, 0.2) is 11.6 Å². The summed E-state index contributed by atoms with van der Waals surface area (Å²) in [5.41, 5.74) is 2.90. The lowest BCUT2D eigenvalue weighted by Crippen LogP contribution is -2.15. The average molecular weight is 327 g/mol. The number of aryl methyl sites for hydroxylation is 1. The second-order valence-corrected chi connectivity index (χ2v) is 5.78. The number of carboxylic acids is 1. The minimum Gasteiger partial charge on any atom is -0.494 e. The molecule has 124 valence electrons. The monoisotopic (exact) mass is 327 g/mol. The van der Waals surface area contributed by atoms with Crippen molar-refractivity contribution in [1.82, 2.24) is 4.98 Å². The average Bonchev–Trinajstić information content (AvgIpc) is 2.87.